The van der Waals surface area contributed by atoms with Crippen LogP contribution in [-0.4, -0.2) is 74.2 Å². The summed E-state index contributed by atoms with van der Waals surface area (Å²) in [6, 6.07) is 19.5. The Bertz CT molecular complexity index is 1840. The first-order valence-corrected chi connectivity index (χ1v) is 17.3. The van der Waals surface area contributed by atoms with Gasteiger partial charge >= 0.3 is 57.6 Å². The number of pyridine rings is 1. The van der Waals surface area contributed by atoms with Crippen molar-refractivity contribution < 1.29 is 78.9 Å². The van der Waals surface area contributed by atoms with Crippen molar-refractivity contribution in [3.05, 3.63) is 112 Å². The summed E-state index contributed by atoms with van der Waals surface area (Å²) in [7, 11) is 0. The van der Waals surface area contributed by atoms with E-state index in [4.69, 9.17) is 10.1 Å². The number of benzene rings is 3. The molecular formula is C39H42F3KN6O3. The van der Waals surface area contributed by atoms with Gasteiger partial charge in [0, 0.05) is 61.3 Å². The molecule has 0 spiro atoms. The molecule has 9 nitrogen and oxygen atoms in total. The van der Waals surface area contributed by atoms with Crippen LogP contribution in [0.1, 0.15) is 56.7 Å². The molecule has 3 aromatic carbocycles. The first kappa shape index (κ1) is 39.9. The van der Waals surface area contributed by atoms with E-state index in [-0.39, 0.29) is 69.4 Å². The fraction of sp³-hybridized carbons (Fsp3) is 0.359. The van der Waals surface area contributed by atoms with E-state index in [2.05, 4.69) is 25.4 Å². The molecule has 4 aromatic rings. The van der Waals surface area contributed by atoms with Gasteiger partial charge in [0.1, 0.15) is 0 Å². The molecule has 0 unspecified atom stereocenters. The number of morpholine rings is 1. The van der Waals surface area contributed by atoms with Gasteiger partial charge in [0.25, 0.3) is 11.8 Å². The van der Waals surface area contributed by atoms with Crippen LogP contribution < -0.4 is 66.9 Å². The van der Waals surface area contributed by atoms with Crippen LogP contribution in [0, 0.1) is 6.92 Å². The minimum absolute atomic E-state index is 0. The predicted molar refractivity (Wildman–Crippen MR) is 193 cm³/mol. The Balaban J connectivity index is 0.00000523. The van der Waals surface area contributed by atoms with E-state index < -0.39 is 17.6 Å². The quantitative estimate of drug-likeness (QED) is 0.219. The Hall–Kier alpha value is -3.30. The maximum absolute atomic E-state index is 13.8. The standard InChI is InChI=1S/C39H42F3N6O3.K/c1-27-20-30(23-32(21-27)43-12-15-47-16-18-51-19-17-47)38(50)46-35-9-8-33(48-13-3-2-4-14-48)25-34(35)36-24-29(10-11-44-36)37(49)45-26-28-6-5-7-31(22-28)39(40,41)42;/h5-11,20-25H,2-4,12-19,26H2,1H3,(H,45,49)(H,44,46,50);/q-1;+1. The number of carbonyl (C=O) groups is 2. The van der Waals surface area contributed by atoms with E-state index in [1.165, 1.54) is 24.8 Å². The zero-order chi connectivity index (χ0) is 35.8. The third kappa shape index (κ3) is 10.9. The molecule has 2 fully saturated rings. The number of aromatic nitrogens is 1. The molecule has 1 aromatic heterocycles. The Kier molecular flexibility index (Phi) is 14.3. The average Bonchev–Trinajstić information content (AvgIpc) is 3.14. The molecule has 2 N–H and O–H groups in total. The number of piperidine rings is 1. The molecule has 0 saturated carbocycles. The molecule has 0 aliphatic carbocycles. The van der Waals surface area contributed by atoms with E-state index in [9.17, 15) is 22.8 Å². The molecular weight excluding hydrogens is 697 g/mol. The van der Waals surface area contributed by atoms with Crippen molar-refractivity contribution in [2.45, 2.75) is 38.9 Å². The number of nitrogens with one attached hydrogen (secondary N) is 2. The molecule has 2 amide bonds. The maximum atomic E-state index is 13.8. The molecule has 3 heterocycles. The van der Waals surface area contributed by atoms with Gasteiger partial charge in [0.15, 0.2) is 0 Å². The number of hydrogen-bond acceptors (Lipinski definition) is 6. The van der Waals surface area contributed by atoms with E-state index in [1.807, 2.05) is 37.3 Å². The molecule has 6 rings (SSSR count). The summed E-state index contributed by atoms with van der Waals surface area (Å²) in [5, 5.41) is 10.5. The smallest absolute Gasteiger partial charge is 0.683 e. The van der Waals surface area contributed by atoms with E-state index >= 15 is 0 Å². The van der Waals surface area contributed by atoms with Crippen molar-refractivity contribution in [3.63, 3.8) is 0 Å². The first-order valence-electron chi connectivity index (χ1n) is 17.3. The molecule has 2 saturated heterocycles. The summed E-state index contributed by atoms with van der Waals surface area (Å²) in [5.74, 6) is -0.760. The van der Waals surface area contributed by atoms with E-state index in [1.54, 1.807) is 18.2 Å². The van der Waals surface area contributed by atoms with Gasteiger partial charge in [-0.3, -0.25) is 14.6 Å². The van der Waals surface area contributed by atoms with E-state index in [0.717, 1.165) is 87.9 Å². The molecule has 0 atom stereocenters. The fourth-order valence-corrected chi connectivity index (χ4v) is 6.39. The van der Waals surface area contributed by atoms with Gasteiger partial charge in [-0.2, -0.15) is 13.2 Å². The summed E-state index contributed by atoms with van der Waals surface area (Å²) in [6.07, 6.45) is 0.380. The first-order chi connectivity index (χ1) is 24.6. The van der Waals surface area contributed by atoms with Crippen molar-refractivity contribution in [1.29, 1.82) is 0 Å². The van der Waals surface area contributed by atoms with Gasteiger partial charge in [0.05, 0.1) is 30.2 Å². The zero-order valence-corrected chi connectivity index (χ0v) is 32.8. The maximum Gasteiger partial charge on any atom is 1.00 e. The third-order valence-electron chi connectivity index (χ3n) is 9.12. The Morgan fingerprint density at radius 1 is 0.885 bits per heavy atom. The average molecular weight is 739 g/mol. The number of nitrogens with zero attached hydrogens (tertiary/aromatic N) is 4. The number of halogens is 3. The summed E-state index contributed by atoms with van der Waals surface area (Å²) in [6.45, 7) is 8.35. The number of aryl methyl sites for hydroxylation is 1. The zero-order valence-electron chi connectivity index (χ0n) is 29.6. The SMILES string of the molecule is Cc1cc([N-]CCN2CCOCC2)cc(C(=O)Nc2ccc(N3CCCCC3)cc2-c2cc(C(=O)NCc3cccc(C(F)(F)F)c3)ccn2)c1.[K+]. The van der Waals surface area contributed by atoms with Crippen LogP contribution in [0.3, 0.4) is 0 Å². The van der Waals surface area contributed by atoms with Crippen LogP contribution in [0.2, 0.25) is 0 Å². The van der Waals surface area contributed by atoms with Crippen LogP contribution in [0.4, 0.5) is 30.2 Å². The Morgan fingerprint density at radius 3 is 2.44 bits per heavy atom. The molecule has 52 heavy (non-hydrogen) atoms. The number of amides is 2. The largest absolute Gasteiger partial charge is 1.00 e. The topological polar surface area (TPSA) is 101 Å². The van der Waals surface area contributed by atoms with Gasteiger partial charge in [-0.05, 0) is 86.8 Å². The van der Waals surface area contributed by atoms with Crippen LogP contribution in [0.5, 0.6) is 0 Å². The van der Waals surface area contributed by atoms with Crippen molar-refractivity contribution in [2.75, 3.05) is 62.7 Å². The van der Waals surface area contributed by atoms with Crippen LogP contribution >= 0.6 is 0 Å². The van der Waals surface area contributed by atoms with Crippen molar-refractivity contribution in [1.82, 2.24) is 15.2 Å². The van der Waals surface area contributed by atoms with Crippen LogP contribution in [0.15, 0.2) is 79.0 Å². The summed E-state index contributed by atoms with van der Waals surface area (Å²) in [5.41, 5.74) is 4.60. The Morgan fingerprint density at radius 2 is 1.67 bits per heavy atom. The number of alkyl halides is 3. The number of ether oxygens (including phenoxy) is 1. The van der Waals surface area contributed by atoms with E-state index in [0.29, 0.717) is 34.6 Å². The normalized spacial score (nSPS) is 15.0. The number of hydrogen-bond donors (Lipinski definition) is 2. The fourth-order valence-electron chi connectivity index (χ4n) is 6.39. The predicted octanol–water partition coefficient (Wildman–Crippen LogP) is 4.59. The van der Waals surface area contributed by atoms with Gasteiger partial charge in [-0.1, -0.05) is 29.8 Å². The van der Waals surface area contributed by atoms with Gasteiger partial charge in [-0.15, -0.1) is 12.2 Å². The second-order valence-corrected chi connectivity index (χ2v) is 12.9. The van der Waals surface area contributed by atoms with Gasteiger partial charge in [0.2, 0.25) is 0 Å². The number of rotatable bonds is 11. The van der Waals surface area contributed by atoms with Gasteiger partial charge < -0.3 is 30.5 Å². The second kappa shape index (κ2) is 18.6. The van der Waals surface area contributed by atoms with Crippen molar-refractivity contribution >= 4 is 28.9 Å². The molecule has 13 heteroatoms. The minimum atomic E-state index is -4.48. The number of carbonyl (C=O) groups excluding carboxylic acids is 2. The molecule has 0 bridgehead atoms. The number of anilines is 2. The second-order valence-electron chi connectivity index (χ2n) is 12.9. The summed E-state index contributed by atoms with van der Waals surface area (Å²) in [4.78, 5) is 36.2. The summed E-state index contributed by atoms with van der Waals surface area (Å²) >= 11 is 0. The minimum Gasteiger partial charge on any atom is -0.683 e. The monoisotopic (exact) mass is 738 g/mol. The Labute approximate surface area is 345 Å². The molecule has 0 radical (unpaired) electrons. The van der Waals surface area contributed by atoms with Gasteiger partial charge in [-0.25, -0.2) is 0 Å². The van der Waals surface area contributed by atoms with Crippen molar-refractivity contribution in [2.24, 2.45) is 0 Å². The van der Waals surface area contributed by atoms with Crippen molar-refractivity contribution in [3.8, 4) is 11.3 Å². The summed E-state index contributed by atoms with van der Waals surface area (Å²) < 4.78 is 45.0. The molecule has 2 aliphatic heterocycles. The van der Waals surface area contributed by atoms with Crippen LogP contribution in [-0.2, 0) is 17.5 Å². The molecule has 268 valence electrons. The van der Waals surface area contributed by atoms with Crippen LogP contribution in [0.25, 0.3) is 16.6 Å². The molecule has 2 aliphatic rings. The third-order valence-corrected chi connectivity index (χ3v) is 9.12.